The van der Waals surface area contributed by atoms with Crippen molar-refractivity contribution < 1.29 is 26.3 Å². The van der Waals surface area contributed by atoms with Gasteiger partial charge in [-0.15, -0.1) is 13.2 Å². The minimum absolute atomic E-state index is 0.269. The lowest BCUT2D eigenvalue weighted by Gasteiger charge is -2.17. The second kappa shape index (κ2) is 9.50. The summed E-state index contributed by atoms with van der Waals surface area (Å²) >= 11 is 0. The molecule has 10 heteroatoms. The standard InChI is InChI=1S/C23H22F3N3O3S/c24-23(25,26)32-21-2-1-3-22(14-21)33(30,31)28-20-10-13-29(16-20)15-17-4-6-18(7-5-17)19-8-11-27-12-9-19/h1-9,11-12,14,20,28H,10,13,15-16H2/t20-/m1/s1. The van der Waals surface area contributed by atoms with E-state index in [2.05, 4.69) is 19.3 Å². The lowest BCUT2D eigenvalue weighted by atomic mass is 10.1. The van der Waals surface area contributed by atoms with Gasteiger partial charge in [0.25, 0.3) is 0 Å². The Morgan fingerprint density at radius 3 is 2.42 bits per heavy atom. The number of likely N-dealkylation sites (tertiary alicyclic amines) is 1. The molecule has 2 heterocycles. The van der Waals surface area contributed by atoms with Crippen molar-refractivity contribution in [1.82, 2.24) is 14.6 Å². The average Bonchev–Trinajstić information content (AvgIpc) is 3.20. The number of nitrogens with zero attached hydrogens (tertiary/aromatic N) is 2. The van der Waals surface area contributed by atoms with Gasteiger partial charge in [-0.1, -0.05) is 30.3 Å². The van der Waals surface area contributed by atoms with Gasteiger partial charge in [0.1, 0.15) is 5.75 Å². The zero-order valence-electron chi connectivity index (χ0n) is 17.5. The van der Waals surface area contributed by atoms with Crippen LogP contribution in [0.15, 0.2) is 78.0 Å². The molecule has 1 aromatic heterocycles. The topological polar surface area (TPSA) is 71.5 Å². The van der Waals surface area contributed by atoms with Gasteiger partial charge in [-0.05, 0) is 47.4 Å². The Morgan fingerprint density at radius 1 is 1.03 bits per heavy atom. The first-order valence-corrected chi connectivity index (χ1v) is 11.8. The number of sulfonamides is 1. The first-order valence-electron chi connectivity index (χ1n) is 10.3. The van der Waals surface area contributed by atoms with E-state index in [4.69, 9.17) is 0 Å². The number of benzene rings is 2. The number of ether oxygens (including phenoxy) is 1. The molecule has 0 unspecified atom stereocenters. The van der Waals surface area contributed by atoms with E-state index in [1.165, 1.54) is 12.1 Å². The summed E-state index contributed by atoms with van der Waals surface area (Å²) in [6.45, 7) is 1.88. The molecule has 0 aliphatic carbocycles. The van der Waals surface area contributed by atoms with Crippen LogP contribution in [0.25, 0.3) is 11.1 Å². The number of halogens is 3. The predicted molar refractivity (Wildman–Crippen MR) is 117 cm³/mol. The first-order chi connectivity index (χ1) is 15.7. The molecule has 6 nitrogen and oxygen atoms in total. The Morgan fingerprint density at radius 2 is 1.73 bits per heavy atom. The van der Waals surface area contributed by atoms with Gasteiger partial charge in [-0.3, -0.25) is 9.88 Å². The highest BCUT2D eigenvalue weighted by atomic mass is 32.2. The normalized spacial score (nSPS) is 17.2. The van der Waals surface area contributed by atoms with Crippen LogP contribution in [0.2, 0.25) is 0 Å². The summed E-state index contributed by atoms with van der Waals surface area (Å²) < 4.78 is 69.1. The first kappa shape index (κ1) is 23.2. The molecule has 1 saturated heterocycles. The fourth-order valence-electron chi connectivity index (χ4n) is 3.80. The Kier molecular flexibility index (Phi) is 6.68. The Bertz CT molecular complexity index is 1190. The molecule has 0 bridgehead atoms. The molecule has 0 spiro atoms. The lowest BCUT2D eigenvalue weighted by molar-refractivity contribution is -0.274. The fourth-order valence-corrected chi connectivity index (χ4v) is 5.10. The molecule has 1 N–H and O–H groups in total. The van der Waals surface area contributed by atoms with Gasteiger partial charge in [0.05, 0.1) is 4.90 Å². The van der Waals surface area contributed by atoms with E-state index in [0.29, 0.717) is 26.1 Å². The summed E-state index contributed by atoms with van der Waals surface area (Å²) in [6, 6.07) is 16.1. The molecule has 0 saturated carbocycles. The molecular weight excluding hydrogens is 455 g/mol. The van der Waals surface area contributed by atoms with Gasteiger partial charge < -0.3 is 4.74 Å². The highest BCUT2D eigenvalue weighted by molar-refractivity contribution is 7.89. The maximum absolute atomic E-state index is 12.7. The molecule has 33 heavy (non-hydrogen) atoms. The van der Waals surface area contributed by atoms with Crippen LogP contribution in [0.5, 0.6) is 5.75 Å². The molecule has 1 aliphatic rings. The van der Waals surface area contributed by atoms with Crippen LogP contribution in [0.4, 0.5) is 13.2 Å². The minimum Gasteiger partial charge on any atom is -0.406 e. The monoisotopic (exact) mass is 477 g/mol. The van der Waals surface area contributed by atoms with Crippen molar-refractivity contribution in [2.24, 2.45) is 0 Å². The molecule has 1 aliphatic heterocycles. The summed E-state index contributed by atoms with van der Waals surface area (Å²) in [6.07, 6.45) is -0.798. The molecule has 3 aromatic rings. The van der Waals surface area contributed by atoms with E-state index in [0.717, 1.165) is 28.8 Å². The van der Waals surface area contributed by atoms with Gasteiger partial charge in [0, 0.05) is 44.1 Å². The second-order valence-corrected chi connectivity index (χ2v) is 9.51. The van der Waals surface area contributed by atoms with Crippen LogP contribution in [-0.4, -0.2) is 43.8 Å². The summed E-state index contributed by atoms with van der Waals surface area (Å²) in [4.78, 5) is 5.89. The molecule has 2 aromatic carbocycles. The third-order valence-electron chi connectivity index (χ3n) is 5.32. The van der Waals surface area contributed by atoms with Crippen molar-refractivity contribution in [2.75, 3.05) is 13.1 Å². The summed E-state index contributed by atoms with van der Waals surface area (Å²) in [5.74, 6) is -0.575. The summed E-state index contributed by atoms with van der Waals surface area (Å²) in [5.41, 5.74) is 3.27. The van der Waals surface area contributed by atoms with Crippen LogP contribution < -0.4 is 9.46 Å². The van der Waals surface area contributed by atoms with Gasteiger partial charge in [0.2, 0.25) is 10.0 Å². The van der Waals surface area contributed by atoms with Crippen LogP contribution in [0.1, 0.15) is 12.0 Å². The number of alkyl halides is 3. The molecule has 174 valence electrons. The van der Waals surface area contributed by atoms with Crippen molar-refractivity contribution in [3.63, 3.8) is 0 Å². The van der Waals surface area contributed by atoms with Gasteiger partial charge in [-0.25, -0.2) is 13.1 Å². The summed E-state index contributed by atoms with van der Waals surface area (Å²) in [7, 11) is -3.98. The average molecular weight is 478 g/mol. The van der Waals surface area contributed by atoms with Crippen LogP contribution in [0.3, 0.4) is 0 Å². The molecular formula is C23H22F3N3O3S. The van der Waals surface area contributed by atoms with Gasteiger partial charge in [-0.2, -0.15) is 0 Å². The highest BCUT2D eigenvalue weighted by Gasteiger charge is 2.32. The van der Waals surface area contributed by atoms with Crippen LogP contribution in [0, 0.1) is 0 Å². The zero-order valence-corrected chi connectivity index (χ0v) is 18.3. The predicted octanol–water partition coefficient (Wildman–Crippen LogP) is 4.20. The fraction of sp³-hybridized carbons (Fsp3) is 0.261. The number of hydrogen-bond acceptors (Lipinski definition) is 5. The van der Waals surface area contributed by atoms with E-state index in [-0.39, 0.29) is 10.9 Å². The number of rotatable bonds is 7. The molecule has 0 radical (unpaired) electrons. The molecule has 0 amide bonds. The molecule has 1 atom stereocenters. The number of aromatic nitrogens is 1. The minimum atomic E-state index is -4.89. The Hall–Kier alpha value is -2.95. The lowest BCUT2D eigenvalue weighted by Crippen LogP contribution is -2.37. The summed E-state index contributed by atoms with van der Waals surface area (Å²) in [5, 5.41) is 0. The third-order valence-corrected chi connectivity index (χ3v) is 6.84. The largest absolute Gasteiger partial charge is 0.573 e. The Labute approximate surface area is 190 Å². The maximum Gasteiger partial charge on any atom is 0.573 e. The second-order valence-electron chi connectivity index (χ2n) is 7.80. The zero-order chi connectivity index (χ0) is 23.5. The van der Waals surface area contributed by atoms with Crippen molar-refractivity contribution in [3.05, 3.63) is 78.6 Å². The highest BCUT2D eigenvalue weighted by Crippen LogP contribution is 2.26. The smallest absolute Gasteiger partial charge is 0.406 e. The van der Waals surface area contributed by atoms with Crippen molar-refractivity contribution in [2.45, 2.75) is 30.3 Å². The molecule has 1 fully saturated rings. The van der Waals surface area contributed by atoms with Crippen molar-refractivity contribution in [3.8, 4) is 16.9 Å². The van der Waals surface area contributed by atoms with Gasteiger partial charge in [0.15, 0.2) is 0 Å². The number of pyridine rings is 1. The number of hydrogen-bond donors (Lipinski definition) is 1. The van der Waals surface area contributed by atoms with Crippen LogP contribution >= 0.6 is 0 Å². The Balaban J connectivity index is 1.35. The van der Waals surface area contributed by atoms with E-state index >= 15 is 0 Å². The quantitative estimate of drug-likeness (QED) is 0.552. The van der Waals surface area contributed by atoms with E-state index < -0.39 is 22.1 Å². The van der Waals surface area contributed by atoms with E-state index in [1.54, 1.807) is 12.4 Å². The van der Waals surface area contributed by atoms with E-state index in [1.807, 2.05) is 36.4 Å². The van der Waals surface area contributed by atoms with E-state index in [9.17, 15) is 21.6 Å². The molecule has 4 rings (SSSR count). The van der Waals surface area contributed by atoms with Crippen LogP contribution in [-0.2, 0) is 16.6 Å². The SMILES string of the molecule is O=S(=O)(N[C@@H]1CCN(Cc2ccc(-c3ccncc3)cc2)C1)c1cccc(OC(F)(F)F)c1. The van der Waals surface area contributed by atoms with Crippen molar-refractivity contribution >= 4 is 10.0 Å². The maximum atomic E-state index is 12.7. The third kappa shape index (κ3) is 6.31. The van der Waals surface area contributed by atoms with Crippen molar-refractivity contribution in [1.29, 1.82) is 0 Å². The number of nitrogens with one attached hydrogen (secondary N) is 1. The van der Waals surface area contributed by atoms with Gasteiger partial charge >= 0.3 is 6.36 Å².